The number of aromatic nitrogens is 1. The highest BCUT2D eigenvalue weighted by atomic mass is 16.5. The molecule has 14 heteroatoms. The molecule has 0 spiro atoms. The molecule has 1 aromatic heterocycles. The molecule has 1 aliphatic carbocycles. The summed E-state index contributed by atoms with van der Waals surface area (Å²) in [6.45, 7) is 15.3. The standard InChI is InChI=1S/C46H50N8O6/c1-45(2)43(46(3,4)44(45)60-36-13-7-29(22-47)39-38(36)35(55)15-16-48-39)50-40(57)28-5-8-31(9-6-28)53-24-27(25-53)23-51-17-19-52(20-18-51)32-10-11-33-30(21-32)26-54(42(33)59)34-12-14-37(56)49-41(34)58/h5-11,13,15-16,21,27,34,43-44H,12,14,17-20,23-26H2,1-4H3,(H,48,55)(H,50,57)(H,49,56,58)/t34-,43?,44?/m0/s1. The maximum atomic E-state index is 13.6. The van der Waals surface area contributed by atoms with Crippen LogP contribution in [0.3, 0.4) is 0 Å². The van der Waals surface area contributed by atoms with E-state index in [0.717, 1.165) is 62.8 Å². The van der Waals surface area contributed by atoms with Gasteiger partial charge >= 0.3 is 0 Å². The number of nitriles is 1. The van der Waals surface area contributed by atoms with Crippen molar-refractivity contribution in [1.29, 1.82) is 5.26 Å². The van der Waals surface area contributed by atoms with Gasteiger partial charge in [-0.25, -0.2) is 0 Å². The van der Waals surface area contributed by atoms with E-state index < -0.39 is 22.8 Å². The van der Waals surface area contributed by atoms with Crippen molar-refractivity contribution < 1.29 is 23.9 Å². The summed E-state index contributed by atoms with van der Waals surface area (Å²) in [5.74, 6) is 0.00290. The molecule has 5 aliphatic rings. The summed E-state index contributed by atoms with van der Waals surface area (Å²) in [6, 6.07) is 19.9. The number of benzene rings is 3. The number of nitrogens with one attached hydrogen (secondary N) is 3. The molecule has 3 N–H and O–H groups in total. The fourth-order valence-electron chi connectivity index (χ4n) is 10.6. The lowest BCUT2D eigenvalue weighted by molar-refractivity contribution is -0.163. The van der Waals surface area contributed by atoms with Crippen LogP contribution in [0.2, 0.25) is 0 Å². The second-order valence-electron chi connectivity index (χ2n) is 18.2. The maximum absolute atomic E-state index is 13.6. The number of imide groups is 1. The number of aromatic amines is 1. The summed E-state index contributed by atoms with van der Waals surface area (Å²) >= 11 is 0. The normalized spacial score (nSPS) is 23.7. The highest BCUT2D eigenvalue weighted by Gasteiger charge is 2.64. The van der Waals surface area contributed by atoms with E-state index in [9.17, 15) is 29.2 Å². The molecule has 3 aromatic carbocycles. The van der Waals surface area contributed by atoms with E-state index >= 15 is 0 Å². The van der Waals surface area contributed by atoms with E-state index in [1.165, 1.54) is 12.3 Å². The molecule has 4 fully saturated rings. The summed E-state index contributed by atoms with van der Waals surface area (Å²) < 4.78 is 6.55. The van der Waals surface area contributed by atoms with Crippen molar-refractivity contribution in [3.8, 4) is 11.8 Å². The molecule has 14 nitrogen and oxygen atoms in total. The number of pyridine rings is 1. The van der Waals surface area contributed by atoms with Gasteiger partial charge in [-0.2, -0.15) is 5.26 Å². The number of hydrogen-bond acceptors (Lipinski definition) is 10. The Labute approximate surface area is 348 Å². The maximum Gasteiger partial charge on any atom is 0.255 e. The number of H-pyrrole nitrogens is 1. The lowest BCUT2D eigenvalue weighted by atomic mass is 9.49. The largest absolute Gasteiger partial charge is 0.488 e. The third-order valence-corrected chi connectivity index (χ3v) is 13.6. The Morgan fingerprint density at radius 1 is 0.900 bits per heavy atom. The Morgan fingerprint density at radius 3 is 2.32 bits per heavy atom. The van der Waals surface area contributed by atoms with E-state index in [-0.39, 0.29) is 41.7 Å². The quantitative estimate of drug-likeness (QED) is 0.210. The highest BCUT2D eigenvalue weighted by molar-refractivity contribution is 6.05. The lowest BCUT2D eigenvalue weighted by Gasteiger charge is -2.63. The number of hydrogen-bond donors (Lipinski definition) is 3. The monoisotopic (exact) mass is 810 g/mol. The van der Waals surface area contributed by atoms with Gasteiger partial charge in [0.1, 0.15) is 24.0 Å². The molecular formula is C46H50N8O6. The van der Waals surface area contributed by atoms with Crippen molar-refractivity contribution >= 4 is 45.9 Å². The highest BCUT2D eigenvalue weighted by Crippen LogP contribution is 2.56. The van der Waals surface area contributed by atoms with Crippen LogP contribution in [0.4, 0.5) is 11.4 Å². The van der Waals surface area contributed by atoms with Crippen LogP contribution in [-0.4, -0.2) is 102 Å². The average molecular weight is 811 g/mol. The number of ether oxygens (including phenoxy) is 1. The van der Waals surface area contributed by atoms with Crippen LogP contribution >= 0.6 is 0 Å². The third kappa shape index (κ3) is 6.74. The zero-order valence-corrected chi connectivity index (χ0v) is 34.4. The number of amides is 4. The SMILES string of the molecule is CC1(C)C(NC(=O)c2ccc(N3CC(CN4CCN(c5ccc6c(c5)CN([C@H]5CCC(=O)NC5=O)C6=O)CC4)C3)cc2)C(C)(C)C1Oc1ccc(C#N)c2[nH]ccc(=O)c12. The van der Waals surface area contributed by atoms with Gasteiger partial charge in [0.2, 0.25) is 11.8 Å². The van der Waals surface area contributed by atoms with Crippen LogP contribution in [0, 0.1) is 28.1 Å². The van der Waals surface area contributed by atoms with Gasteiger partial charge in [0.15, 0.2) is 5.43 Å². The minimum atomic E-state index is -0.612. The van der Waals surface area contributed by atoms with Crippen molar-refractivity contribution in [3.63, 3.8) is 0 Å². The molecule has 310 valence electrons. The van der Waals surface area contributed by atoms with Crippen LogP contribution in [0.25, 0.3) is 10.9 Å². The number of rotatable bonds is 9. The first-order chi connectivity index (χ1) is 28.7. The van der Waals surface area contributed by atoms with E-state index in [1.807, 2.05) is 36.4 Å². The molecule has 9 rings (SSSR count). The second kappa shape index (κ2) is 14.8. The summed E-state index contributed by atoms with van der Waals surface area (Å²) in [4.78, 5) is 75.5. The fraction of sp³-hybridized carbons (Fsp3) is 0.435. The Bertz CT molecular complexity index is 2490. The van der Waals surface area contributed by atoms with Gasteiger partial charge in [0.05, 0.1) is 16.5 Å². The number of carbonyl (C=O) groups excluding carboxylic acids is 4. The Balaban J connectivity index is 0.743. The van der Waals surface area contributed by atoms with E-state index in [4.69, 9.17) is 4.74 Å². The average Bonchev–Trinajstić information content (AvgIpc) is 3.54. The Hall–Kier alpha value is -6.20. The summed E-state index contributed by atoms with van der Waals surface area (Å²) in [7, 11) is 0. The van der Waals surface area contributed by atoms with Crippen LogP contribution in [0.5, 0.6) is 5.75 Å². The first-order valence-electron chi connectivity index (χ1n) is 20.8. The third-order valence-electron chi connectivity index (χ3n) is 13.6. The molecular weight excluding hydrogens is 761 g/mol. The van der Waals surface area contributed by atoms with Gasteiger partial charge in [-0.15, -0.1) is 0 Å². The summed E-state index contributed by atoms with van der Waals surface area (Å²) in [6.07, 6.45) is 1.82. The number of nitrogens with zero attached hydrogens (tertiary/aromatic N) is 5. The molecule has 0 bridgehead atoms. The van der Waals surface area contributed by atoms with Crippen molar-refractivity contribution in [2.75, 3.05) is 55.6 Å². The number of anilines is 2. The molecule has 60 heavy (non-hydrogen) atoms. The molecule has 1 atom stereocenters. The predicted molar refractivity (Wildman–Crippen MR) is 226 cm³/mol. The van der Waals surface area contributed by atoms with Gasteiger partial charge in [0.25, 0.3) is 11.8 Å². The van der Waals surface area contributed by atoms with Crippen molar-refractivity contribution in [3.05, 3.63) is 99.3 Å². The van der Waals surface area contributed by atoms with Gasteiger partial charge in [0, 0.05) is 116 Å². The molecule has 4 amide bonds. The minimum Gasteiger partial charge on any atom is -0.488 e. The molecule has 4 aliphatic heterocycles. The van der Waals surface area contributed by atoms with Crippen molar-refractivity contribution in [2.24, 2.45) is 16.7 Å². The van der Waals surface area contributed by atoms with Gasteiger partial charge in [-0.1, -0.05) is 27.7 Å². The van der Waals surface area contributed by atoms with Crippen LogP contribution in [0.15, 0.2) is 71.7 Å². The minimum absolute atomic E-state index is 0.144. The summed E-state index contributed by atoms with van der Waals surface area (Å²) in [5.41, 5.74) is 4.04. The van der Waals surface area contributed by atoms with Gasteiger partial charge < -0.3 is 29.7 Å². The zero-order chi connectivity index (χ0) is 42.1. The summed E-state index contributed by atoms with van der Waals surface area (Å²) in [5, 5.41) is 15.6. The van der Waals surface area contributed by atoms with Crippen molar-refractivity contribution in [2.45, 2.75) is 65.3 Å². The number of piperidine rings is 1. The first-order valence-corrected chi connectivity index (χ1v) is 20.8. The van der Waals surface area contributed by atoms with Crippen LogP contribution in [-0.2, 0) is 16.1 Å². The second-order valence-corrected chi connectivity index (χ2v) is 18.2. The molecule has 0 radical (unpaired) electrons. The molecule has 0 unspecified atom stereocenters. The number of piperazine rings is 1. The van der Waals surface area contributed by atoms with Crippen molar-refractivity contribution in [1.82, 2.24) is 25.4 Å². The van der Waals surface area contributed by atoms with E-state index in [0.29, 0.717) is 52.2 Å². The van der Waals surface area contributed by atoms with Gasteiger partial charge in [-0.3, -0.25) is 34.2 Å². The van der Waals surface area contributed by atoms with Gasteiger partial charge in [-0.05, 0) is 66.6 Å². The Kier molecular flexibility index (Phi) is 9.69. The van der Waals surface area contributed by atoms with E-state index in [1.54, 1.807) is 17.0 Å². The van der Waals surface area contributed by atoms with E-state index in [2.05, 4.69) is 70.1 Å². The lowest BCUT2D eigenvalue weighted by Crippen LogP contribution is -2.74. The molecule has 4 aromatic rings. The topological polar surface area (TPSA) is 171 Å². The number of fused-ring (bicyclic) bond motifs is 2. The smallest absolute Gasteiger partial charge is 0.255 e. The first kappa shape index (κ1) is 39.3. The molecule has 5 heterocycles. The Morgan fingerprint density at radius 2 is 1.62 bits per heavy atom. The molecule has 3 saturated heterocycles. The van der Waals surface area contributed by atoms with Crippen LogP contribution in [0.1, 0.15) is 72.4 Å². The zero-order valence-electron chi connectivity index (χ0n) is 34.4. The number of carbonyl (C=O) groups is 4. The van der Waals surface area contributed by atoms with Crippen LogP contribution < -0.4 is 30.6 Å². The predicted octanol–water partition coefficient (Wildman–Crippen LogP) is 4.03. The molecule has 1 saturated carbocycles. The fourth-order valence-corrected chi connectivity index (χ4v) is 10.6.